The number of allylic oxidation sites excluding steroid dienone is 1. The Morgan fingerprint density at radius 1 is 1.12 bits per heavy atom. The first-order valence-electron chi connectivity index (χ1n) is 8.76. The van der Waals surface area contributed by atoms with Crippen molar-refractivity contribution in [3.8, 4) is 0 Å². The Kier molecular flexibility index (Phi) is 5.86. The van der Waals surface area contributed by atoms with Crippen molar-refractivity contribution < 1.29 is 9.53 Å². The van der Waals surface area contributed by atoms with E-state index in [1.165, 1.54) is 0 Å². The number of carbonyl (C=O) groups excluding carboxylic acids is 1. The molecule has 1 amide bonds. The van der Waals surface area contributed by atoms with Gasteiger partial charge >= 0.3 is 0 Å². The van der Waals surface area contributed by atoms with Crippen LogP contribution in [0, 0.1) is 0 Å². The molecule has 0 atom stereocenters. The molecule has 2 aromatic carbocycles. The first kappa shape index (κ1) is 17.2. The highest BCUT2D eigenvalue weighted by Crippen LogP contribution is 2.21. The summed E-state index contributed by atoms with van der Waals surface area (Å²) in [6.45, 7) is 5.31. The zero-order valence-electron chi connectivity index (χ0n) is 14.6. The Bertz CT molecular complexity index is 735. The number of morpholine rings is 1. The average Bonchev–Trinajstić information content (AvgIpc) is 2.68. The van der Waals surface area contributed by atoms with Crippen molar-refractivity contribution in [2.24, 2.45) is 0 Å². The van der Waals surface area contributed by atoms with Gasteiger partial charge in [0.1, 0.15) is 0 Å². The highest BCUT2D eigenvalue weighted by Gasteiger charge is 2.12. The molecule has 0 spiro atoms. The van der Waals surface area contributed by atoms with E-state index in [0.717, 1.165) is 55.2 Å². The van der Waals surface area contributed by atoms with Gasteiger partial charge in [0.2, 0.25) is 5.91 Å². The van der Waals surface area contributed by atoms with Crippen LogP contribution in [0.4, 0.5) is 11.4 Å². The number of ether oxygens (including phenoxy) is 1. The van der Waals surface area contributed by atoms with Crippen molar-refractivity contribution in [2.75, 3.05) is 36.5 Å². The molecular weight excluding hydrogens is 312 g/mol. The molecule has 0 bridgehead atoms. The summed E-state index contributed by atoms with van der Waals surface area (Å²) in [5.74, 6) is -0.0974. The van der Waals surface area contributed by atoms with Crippen LogP contribution in [0.3, 0.4) is 0 Å². The van der Waals surface area contributed by atoms with Crippen molar-refractivity contribution in [1.29, 1.82) is 0 Å². The van der Waals surface area contributed by atoms with Crippen LogP contribution >= 0.6 is 0 Å². The number of carbonyl (C=O) groups is 1. The second-order valence-electron chi connectivity index (χ2n) is 6.03. The maximum atomic E-state index is 12.4. The number of hydrogen-bond acceptors (Lipinski definition) is 3. The Morgan fingerprint density at radius 3 is 2.60 bits per heavy atom. The number of benzene rings is 2. The Labute approximate surface area is 149 Å². The van der Waals surface area contributed by atoms with Crippen molar-refractivity contribution >= 4 is 22.9 Å². The lowest BCUT2D eigenvalue weighted by Crippen LogP contribution is -2.36. The van der Waals surface area contributed by atoms with Gasteiger partial charge < -0.3 is 15.0 Å². The fourth-order valence-corrected chi connectivity index (χ4v) is 2.98. The summed E-state index contributed by atoms with van der Waals surface area (Å²) in [6.07, 6.45) is 2.50. The SMILES string of the molecule is CC/C(=C\C(=O)Nc1cccc(N2CCOCC2)c1)c1ccccc1. The molecule has 130 valence electrons. The quantitative estimate of drug-likeness (QED) is 0.841. The minimum atomic E-state index is -0.0974. The molecule has 1 fully saturated rings. The van der Waals surface area contributed by atoms with Gasteiger partial charge in [-0.2, -0.15) is 0 Å². The number of anilines is 2. The van der Waals surface area contributed by atoms with Gasteiger partial charge in [-0.1, -0.05) is 43.3 Å². The van der Waals surface area contributed by atoms with Gasteiger partial charge in [0, 0.05) is 30.5 Å². The van der Waals surface area contributed by atoms with Crippen molar-refractivity contribution in [3.05, 3.63) is 66.2 Å². The van der Waals surface area contributed by atoms with Gasteiger partial charge in [0.05, 0.1) is 13.2 Å². The number of rotatable bonds is 5. The van der Waals surface area contributed by atoms with E-state index >= 15 is 0 Å². The van der Waals surface area contributed by atoms with E-state index in [9.17, 15) is 4.79 Å². The highest BCUT2D eigenvalue weighted by molar-refractivity contribution is 6.04. The molecule has 1 aliphatic heterocycles. The van der Waals surface area contributed by atoms with E-state index in [1.54, 1.807) is 6.08 Å². The number of nitrogens with one attached hydrogen (secondary N) is 1. The van der Waals surface area contributed by atoms with E-state index in [2.05, 4.69) is 23.2 Å². The molecule has 0 unspecified atom stereocenters. The topological polar surface area (TPSA) is 41.6 Å². The molecule has 1 aliphatic rings. The van der Waals surface area contributed by atoms with Crippen molar-refractivity contribution in [2.45, 2.75) is 13.3 Å². The second-order valence-corrected chi connectivity index (χ2v) is 6.03. The molecule has 0 saturated carbocycles. The average molecular weight is 336 g/mol. The van der Waals surface area contributed by atoms with E-state index in [1.807, 2.05) is 48.5 Å². The molecule has 1 heterocycles. The number of nitrogens with zero attached hydrogens (tertiary/aromatic N) is 1. The normalized spacial score (nSPS) is 15.1. The Hall–Kier alpha value is -2.59. The van der Waals surface area contributed by atoms with E-state index < -0.39 is 0 Å². The summed E-state index contributed by atoms with van der Waals surface area (Å²) in [5.41, 5.74) is 4.04. The summed E-state index contributed by atoms with van der Waals surface area (Å²) in [6, 6.07) is 18.0. The van der Waals surface area contributed by atoms with Gasteiger partial charge in [-0.25, -0.2) is 0 Å². The lowest BCUT2D eigenvalue weighted by Gasteiger charge is -2.29. The molecule has 0 radical (unpaired) electrons. The fraction of sp³-hybridized carbons (Fsp3) is 0.286. The second kappa shape index (κ2) is 8.49. The van der Waals surface area contributed by atoms with Gasteiger partial charge in [-0.15, -0.1) is 0 Å². The lowest BCUT2D eigenvalue weighted by atomic mass is 10.0. The third-order valence-electron chi connectivity index (χ3n) is 4.32. The van der Waals surface area contributed by atoms with Crippen molar-refractivity contribution in [3.63, 3.8) is 0 Å². The first-order valence-corrected chi connectivity index (χ1v) is 8.76. The summed E-state index contributed by atoms with van der Waals surface area (Å²) in [4.78, 5) is 14.7. The summed E-state index contributed by atoms with van der Waals surface area (Å²) in [7, 11) is 0. The minimum Gasteiger partial charge on any atom is -0.378 e. The number of hydrogen-bond donors (Lipinski definition) is 1. The minimum absolute atomic E-state index is 0.0974. The molecular formula is C21H24N2O2. The van der Waals surface area contributed by atoms with Gasteiger partial charge in [-0.3, -0.25) is 4.79 Å². The molecule has 1 saturated heterocycles. The fourth-order valence-electron chi connectivity index (χ4n) is 2.98. The molecule has 2 aromatic rings. The standard InChI is InChI=1S/C21H24N2O2/c1-2-17(18-7-4-3-5-8-18)15-21(24)22-19-9-6-10-20(16-19)23-11-13-25-14-12-23/h3-10,15-16H,2,11-14H2,1H3,(H,22,24)/b17-15+. The number of amides is 1. The van der Waals surface area contributed by atoms with Crippen LogP contribution in [-0.4, -0.2) is 32.2 Å². The van der Waals surface area contributed by atoms with Gasteiger partial charge in [-0.05, 0) is 35.8 Å². The monoisotopic (exact) mass is 336 g/mol. The van der Waals surface area contributed by atoms with Crippen LogP contribution in [0.25, 0.3) is 5.57 Å². The molecule has 4 heteroatoms. The summed E-state index contributed by atoms with van der Waals surface area (Å²) < 4.78 is 5.39. The smallest absolute Gasteiger partial charge is 0.248 e. The molecule has 25 heavy (non-hydrogen) atoms. The van der Waals surface area contributed by atoms with Crippen LogP contribution < -0.4 is 10.2 Å². The molecule has 0 aromatic heterocycles. The zero-order chi connectivity index (χ0) is 17.5. The maximum absolute atomic E-state index is 12.4. The predicted octanol–water partition coefficient (Wildman–Crippen LogP) is 3.96. The molecule has 3 rings (SSSR count). The zero-order valence-corrected chi connectivity index (χ0v) is 14.6. The molecule has 0 aliphatic carbocycles. The van der Waals surface area contributed by atoms with Crippen molar-refractivity contribution in [1.82, 2.24) is 0 Å². The molecule has 1 N–H and O–H groups in total. The van der Waals surface area contributed by atoms with E-state index in [4.69, 9.17) is 4.74 Å². The highest BCUT2D eigenvalue weighted by atomic mass is 16.5. The third kappa shape index (κ3) is 4.70. The van der Waals surface area contributed by atoms with E-state index in [0.29, 0.717) is 0 Å². The van der Waals surface area contributed by atoms with Crippen LogP contribution in [-0.2, 0) is 9.53 Å². The summed E-state index contributed by atoms with van der Waals surface area (Å²) in [5, 5.41) is 2.98. The van der Waals surface area contributed by atoms with Gasteiger partial charge in [0.15, 0.2) is 0 Å². The Morgan fingerprint density at radius 2 is 1.88 bits per heavy atom. The lowest BCUT2D eigenvalue weighted by molar-refractivity contribution is -0.111. The van der Waals surface area contributed by atoms with Crippen LogP contribution in [0.5, 0.6) is 0 Å². The summed E-state index contributed by atoms with van der Waals surface area (Å²) >= 11 is 0. The molecule has 4 nitrogen and oxygen atoms in total. The predicted molar refractivity (Wildman–Crippen MR) is 103 cm³/mol. The van der Waals surface area contributed by atoms with E-state index in [-0.39, 0.29) is 5.91 Å². The first-order chi connectivity index (χ1) is 12.3. The van der Waals surface area contributed by atoms with Crippen LogP contribution in [0.2, 0.25) is 0 Å². The van der Waals surface area contributed by atoms with Crippen LogP contribution in [0.15, 0.2) is 60.7 Å². The van der Waals surface area contributed by atoms with Crippen LogP contribution in [0.1, 0.15) is 18.9 Å². The Balaban J connectivity index is 1.71. The third-order valence-corrected chi connectivity index (χ3v) is 4.32. The van der Waals surface area contributed by atoms with Gasteiger partial charge in [0.25, 0.3) is 0 Å². The maximum Gasteiger partial charge on any atom is 0.248 e. The largest absolute Gasteiger partial charge is 0.378 e.